The molecule has 0 saturated carbocycles. The van der Waals surface area contributed by atoms with Crippen LogP contribution in [0.2, 0.25) is 0 Å². The Morgan fingerprint density at radius 1 is 1.10 bits per heavy atom. The first kappa shape index (κ1) is 36.0. The van der Waals surface area contributed by atoms with Gasteiger partial charge in [0.25, 0.3) is 5.91 Å². The molecule has 1 spiro atoms. The van der Waals surface area contributed by atoms with Gasteiger partial charge in [-0.3, -0.25) is 19.2 Å². The van der Waals surface area contributed by atoms with Crippen molar-refractivity contribution in [1.29, 1.82) is 0 Å². The molecule has 49 heavy (non-hydrogen) atoms. The number of carbonyl (C=O) groups is 4. The summed E-state index contributed by atoms with van der Waals surface area (Å²) in [6, 6.07) is 13.5. The van der Waals surface area contributed by atoms with Gasteiger partial charge in [0.15, 0.2) is 0 Å². The molecule has 10 heteroatoms. The van der Waals surface area contributed by atoms with Crippen LogP contribution in [0, 0.1) is 25.7 Å². The van der Waals surface area contributed by atoms with Crippen LogP contribution >= 0.6 is 0 Å². The quantitative estimate of drug-likeness (QED) is 0.216. The number of likely N-dealkylation sites (tertiary alicyclic amines) is 1. The van der Waals surface area contributed by atoms with E-state index in [1.54, 1.807) is 29.0 Å². The molecule has 3 fully saturated rings. The third kappa shape index (κ3) is 6.56. The number of carbonyl (C=O) groups excluding carboxylic acids is 4. The molecule has 10 nitrogen and oxygen atoms in total. The minimum Gasteiger partial charge on any atom is -0.455 e. The predicted molar refractivity (Wildman–Crippen MR) is 186 cm³/mol. The fourth-order valence-corrected chi connectivity index (χ4v) is 8.10. The molecule has 7 atom stereocenters. The number of ether oxygens (including phenoxy) is 2. The van der Waals surface area contributed by atoms with E-state index in [0.29, 0.717) is 19.3 Å². The van der Waals surface area contributed by atoms with E-state index in [2.05, 4.69) is 13.2 Å². The average molecular weight is 672 g/mol. The normalized spacial score (nSPS) is 25.0. The highest BCUT2D eigenvalue weighted by atomic mass is 16.6. The number of para-hydroxylation sites is 1. The second-order valence-corrected chi connectivity index (χ2v) is 13.5. The SMILES string of the molecule is C=CCCC(=O)N(C)[C@@H](C)[C@@H](OC(=O)[C@@H]1[C@H]2C(=O)N(CCCO)[C@H](C(=O)N(CC=C)c3c(C)cccc3C)[C@]23CC[C@H]1O3)c1ccccc1. The van der Waals surface area contributed by atoms with Gasteiger partial charge in [0.1, 0.15) is 17.7 Å². The molecule has 3 saturated heterocycles. The van der Waals surface area contributed by atoms with Crippen LogP contribution in [0.25, 0.3) is 0 Å². The Morgan fingerprint density at radius 3 is 2.43 bits per heavy atom. The number of aliphatic hydroxyl groups excluding tert-OH is 1. The fourth-order valence-electron chi connectivity index (χ4n) is 8.10. The molecule has 0 aliphatic carbocycles. The standard InChI is InChI=1S/C39H49N3O7/c1-7-9-19-30(44)40(6)27(5)34(28-17-11-10-12-18-28)48-38(47)31-29-20-21-39(49-29)32(31)36(45)42(23-14-24-43)35(39)37(46)41(22-8-2)33-25(3)15-13-16-26(33)4/h7-8,10-13,15-18,27,29,31-32,34-35,43H,1-2,9,14,19-24H2,3-6H3/t27-,29+,31-,32-,34+,35+,39-/m0/s1. The number of esters is 1. The van der Waals surface area contributed by atoms with Crippen molar-refractivity contribution >= 4 is 29.4 Å². The Labute approximate surface area is 289 Å². The maximum atomic E-state index is 14.8. The van der Waals surface area contributed by atoms with Gasteiger partial charge in [-0.25, -0.2) is 0 Å². The Hall–Kier alpha value is -4.28. The molecular weight excluding hydrogens is 622 g/mol. The molecule has 1 N–H and O–H groups in total. The summed E-state index contributed by atoms with van der Waals surface area (Å²) in [5, 5.41) is 9.76. The van der Waals surface area contributed by atoms with Crippen LogP contribution in [-0.4, -0.2) is 89.1 Å². The number of anilines is 1. The minimum absolute atomic E-state index is 0.105. The van der Waals surface area contributed by atoms with Crippen LogP contribution in [0.4, 0.5) is 5.69 Å². The first-order valence-electron chi connectivity index (χ1n) is 17.2. The topological polar surface area (TPSA) is 117 Å². The van der Waals surface area contributed by atoms with Crippen molar-refractivity contribution in [2.24, 2.45) is 11.8 Å². The van der Waals surface area contributed by atoms with Crippen molar-refractivity contribution in [2.45, 2.75) is 82.8 Å². The van der Waals surface area contributed by atoms with Crippen molar-refractivity contribution in [2.75, 3.05) is 31.6 Å². The molecule has 5 rings (SSSR count). The van der Waals surface area contributed by atoms with Crippen molar-refractivity contribution in [3.8, 4) is 0 Å². The van der Waals surface area contributed by atoms with E-state index in [1.807, 2.05) is 69.3 Å². The maximum absolute atomic E-state index is 14.8. The Morgan fingerprint density at radius 2 is 1.80 bits per heavy atom. The van der Waals surface area contributed by atoms with Crippen LogP contribution in [0.3, 0.4) is 0 Å². The highest BCUT2D eigenvalue weighted by Gasteiger charge is 2.75. The molecule has 3 heterocycles. The van der Waals surface area contributed by atoms with Gasteiger partial charge in [-0.1, -0.05) is 60.7 Å². The minimum atomic E-state index is -1.24. The van der Waals surface area contributed by atoms with E-state index in [0.717, 1.165) is 22.4 Å². The summed E-state index contributed by atoms with van der Waals surface area (Å²) < 4.78 is 13.0. The Balaban J connectivity index is 1.50. The predicted octanol–water partition coefficient (Wildman–Crippen LogP) is 4.68. The lowest BCUT2D eigenvalue weighted by Gasteiger charge is -2.37. The summed E-state index contributed by atoms with van der Waals surface area (Å²) in [5.74, 6) is -3.23. The number of benzene rings is 2. The zero-order valence-electron chi connectivity index (χ0n) is 29.0. The molecule has 3 aliphatic heterocycles. The third-order valence-corrected chi connectivity index (χ3v) is 10.5. The fraction of sp³-hybridized carbons (Fsp3) is 0.487. The number of likely N-dealkylation sites (N-methyl/N-ethyl adjacent to an activating group) is 1. The number of aliphatic hydroxyl groups is 1. The molecular formula is C39H49N3O7. The maximum Gasteiger partial charge on any atom is 0.313 e. The summed E-state index contributed by atoms with van der Waals surface area (Å²) >= 11 is 0. The van der Waals surface area contributed by atoms with Crippen LogP contribution < -0.4 is 4.90 Å². The number of aryl methyl sites for hydroxylation is 2. The lowest BCUT2D eigenvalue weighted by Crippen LogP contribution is -2.56. The smallest absolute Gasteiger partial charge is 0.313 e. The number of amides is 3. The largest absolute Gasteiger partial charge is 0.455 e. The molecule has 262 valence electrons. The van der Waals surface area contributed by atoms with Gasteiger partial charge in [0, 0.05) is 38.9 Å². The number of allylic oxidation sites excluding steroid dienone is 1. The highest BCUT2D eigenvalue weighted by Crippen LogP contribution is 2.59. The second-order valence-electron chi connectivity index (χ2n) is 13.5. The summed E-state index contributed by atoms with van der Waals surface area (Å²) in [7, 11) is 1.69. The molecule has 2 aromatic carbocycles. The molecule has 2 aromatic rings. The molecule has 3 amide bonds. The summed E-state index contributed by atoms with van der Waals surface area (Å²) in [4.78, 5) is 61.4. The van der Waals surface area contributed by atoms with Crippen LogP contribution in [0.15, 0.2) is 73.8 Å². The van der Waals surface area contributed by atoms with Crippen LogP contribution in [0.5, 0.6) is 0 Å². The zero-order chi connectivity index (χ0) is 35.5. The Bertz CT molecular complexity index is 1560. The van der Waals surface area contributed by atoms with Gasteiger partial charge >= 0.3 is 5.97 Å². The average Bonchev–Trinajstić information content (AvgIpc) is 3.74. The van der Waals surface area contributed by atoms with Crippen molar-refractivity contribution in [1.82, 2.24) is 9.80 Å². The van der Waals surface area contributed by atoms with Gasteiger partial charge in [-0.15, -0.1) is 13.2 Å². The van der Waals surface area contributed by atoms with Crippen molar-refractivity contribution < 1.29 is 33.8 Å². The van der Waals surface area contributed by atoms with Gasteiger partial charge in [0.2, 0.25) is 11.8 Å². The first-order valence-corrected chi connectivity index (χ1v) is 17.2. The molecule has 3 aliphatic rings. The molecule has 2 bridgehead atoms. The van der Waals surface area contributed by atoms with E-state index in [4.69, 9.17) is 9.47 Å². The van der Waals surface area contributed by atoms with Crippen LogP contribution in [-0.2, 0) is 28.7 Å². The van der Waals surface area contributed by atoms with E-state index in [9.17, 15) is 24.3 Å². The zero-order valence-corrected chi connectivity index (χ0v) is 29.0. The number of rotatable bonds is 15. The second kappa shape index (κ2) is 15.1. The number of hydrogen-bond donors (Lipinski definition) is 1. The summed E-state index contributed by atoms with van der Waals surface area (Å²) in [6.45, 7) is 13.5. The van der Waals surface area contributed by atoms with Gasteiger partial charge in [0.05, 0.1) is 24.0 Å². The first-order chi connectivity index (χ1) is 23.5. The van der Waals surface area contributed by atoms with E-state index >= 15 is 0 Å². The van der Waals surface area contributed by atoms with Crippen molar-refractivity contribution in [3.05, 3.63) is 90.5 Å². The Kier molecular flexibility index (Phi) is 11.1. The van der Waals surface area contributed by atoms with E-state index < -0.39 is 47.7 Å². The lowest BCUT2D eigenvalue weighted by atomic mass is 9.70. The number of fused-ring (bicyclic) bond motifs is 1. The van der Waals surface area contributed by atoms with Crippen molar-refractivity contribution in [3.63, 3.8) is 0 Å². The summed E-state index contributed by atoms with van der Waals surface area (Å²) in [6.07, 6.45) is 3.91. The van der Waals surface area contributed by atoms with E-state index in [1.165, 1.54) is 4.90 Å². The van der Waals surface area contributed by atoms with Gasteiger partial charge in [-0.05, 0) is 63.1 Å². The molecule has 0 aromatic heterocycles. The third-order valence-electron chi connectivity index (χ3n) is 10.5. The highest BCUT2D eigenvalue weighted by molar-refractivity contribution is 6.05. The monoisotopic (exact) mass is 671 g/mol. The van der Waals surface area contributed by atoms with Gasteiger partial charge in [-0.2, -0.15) is 0 Å². The van der Waals surface area contributed by atoms with Gasteiger partial charge < -0.3 is 29.3 Å². The molecule has 0 unspecified atom stereocenters. The van der Waals surface area contributed by atoms with E-state index in [-0.39, 0.29) is 50.3 Å². The number of nitrogens with zero attached hydrogens (tertiary/aromatic N) is 3. The summed E-state index contributed by atoms with van der Waals surface area (Å²) in [5.41, 5.74) is 2.04. The number of hydrogen-bond acceptors (Lipinski definition) is 7. The molecule has 0 radical (unpaired) electrons. The lowest BCUT2D eigenvalue weighted by molar-refractivity contribution is -0.164. The van der Waals surface area contributed by atoms with Crippen LogP contribution in [0.1, 0.15) is 61.8 Å².